The lowest BCUT2D eigenvalue weighted by molar-refractivity contribution is 0.0122. The Kier molecular flexibility index (Phi) is 6.33. The second kappa shape index (κ2) is 9.33. The van der Waals surface area contributed by atoms with Gasteiger partial charge in [-0.1, -0.05) is 11.6 Å². The first-order chi connectivity index (χ1) is 18.1. The van der Waals surface area contributed by atoms with Crippen molar-refractivity contribution in [1.82, 2.24) is 24.8 Å². The van der Waals surface area contributed by atoms with Crippen LogP contribution in [0.3, 0.4) is 0 Å². The van der Waals surface area contributed by atoms with Gasteiger partial charge < -0.3 is 14.4 Å². The van der Waals surface area contributed by atoms with Crippen LogP contribution in [0.1, 0.15) is 66.2 Å². The van der Waals surface area contributed by atoms with Crippen molar-refractivity contribution in [2.45, 2.75) is 95.5 Å². The molecule has 2 aromatic rings. The Morgan fingerprint density at radius 2 is 1.82 bits per heavy atom. The van der Waals surface area contributed by atoms with E-state index in [1.54, 1.807) is 0 Å². The zero-order valence-electron chi connectivity index (χ0n) is 22.5. The Labute approximate surface area is 227 Å². The number of anilines is 1. The number of halogens is 2. The average Bonchev–Trinajstić information content (AvgIpc) is 3.52. The van der Waals surface area contributed by atoms with Gasteiger partial charge in [0, 0.05) is 19.3 Å². The Hall–Kier alpha value is -2.46. The van der Waals surface area contributed by atoms with Gasteiger partial charge in [-0.15, -0.1) is 0 Å². The van der Waals surface area contributed by atoms with Crippen LogP contribution in [0.15, 0.2) is 6.20 Å². The molecule has 0 aliphatic carbocycles. The monoisotopic (exact) mass is 546 g/mol. The molecule has 2 bridgehead atoms. The van der Waals surface area contributed by atoms with Gasteiger partial charge in [-0.2, -0.15) is 9.97 Å². The molecule has 4 fully saturated rings. The summed E-state index contributed by atoms with van der Waals surface area (Å²) in [6.07, 6.45) is 7.31. The number of fused-ring (bicyclic) bond motifs is 4. The molecule has 6 rings (SSSR count). The molecule has 9 nitrogen and oxygen atoms in total. The Morgan fingerprint density at radius 1 is 1.16 bits per heavy atom. The second-order valence-electron chi connectivity index (χ2n) is 12.2. The molecule has 1 amide bonds. The zero-order valence-corrected chi connectivity index (χ0v) is 23.3. The molecule has 4 aliphatic heterocycles. The van der Waals surface area contributed by atoms with E-state index in [1.807, 2.05) is 25.7 Å². The van der Waals surface area contributed by atoms with E-state index < -0.39 is 11.4 Å². The van der Waals surface area contributed by atoms with Crippen LogP contribution in [0.25, 0.3) is 10.9 Å². The number of carbonyl (C=O) groups excluding carboxylic acids is 1. The van der Waals surface area contributed by atoms with Gasteiger partial charge in [0.1, 0.15) is 23.0 Å². The first-order valence-corrected chi connectivity index (χ1v) is 14.1. The summed E-state index contributed by atoms with van der Waals surface area (Å²) in [5, 5.41) is 0.255. The van der Waals surface area contributed by atoms with Crippen molar-refractivity contribution in [2.24, 2.45) is 0 Å². The van der Waals surface area contributed by atoms with Gasteiger partial charge in [0.2, 0.25) is 0 Å². The Morgan fingerprint density at radius 3 is 2.45 bits per heavy atom. The zero-order chi connectivity index (χ0) is 26.8. The minimum atomic E-state index is -0.679. The fourth-order valence-electron chi connectivity index (χ4n) is 7.06. The highest BCUT2D eigenvalue weighted by Crippen LogP contribution is 2.43. The molecule has 11 heteroatoms. The molecule has 4 saturated heterocycles. The normalized spacial score (nSPS) is 25.6. The summed E-state index contributed by atoms with van der Waals surface area (Å²) in [5.74, 6) is -0.115. The highest BCUT2D eigenvalue weighted by Gasteiger charge is 2.50. The number of piperazine rings is 1. The Balaban J connectivity index is 1.32. The van der Waals surface area contributed by atoms with E-state index in [0.717, 1.165) is 51.6 Å². The molecule has 0 saturated carbocycles. The maximum atomic E-state index is 15.2. The summed E-state index contributed by atoms with van der Waals surface area (Å²) in [6.45, 7) is 11.0. The van der Waals surface area contributed by atoms with Crippen molar-refractivity contribution >= 4 is 34.4 Å². The van der Waals surface area contributed by atoms with Crippen LogP contribution < -0.4 is 9.64 Å². The molecule has 0 aromatic carbocycles. The summed E-state index contributed by atoms with van der Waals surface area (Å²) in [5.41, 5.74) is -0.480. The minimum absolute atomic E-state index is 0.0218. The summed E-state index contributed by atoms with van der Waals surface area (Å²) in [7, 11) is 0. The lowest BCUT2D eigenvalue weighted by atomic mass is 9.88. The fraction of sp³-hybridized carbons (Fsp3) is 0.704. The van der Waals surface area contributed by atoms with E-state index in [9.17, 15) is 4.79 Å². The van der Waals surface area contributed by atoms with Crippen LogP contribution >= 0.6 is 11.6 Å². The first kappa shape index (κ1) is 25.8. The largest absolute Gasteiger partial charge is 0.458 e. The third-order valence-electron chi connectivity index (χ3n) is 8.73. The van der Waals surface area contributed by atoms with Crippen LogP contribution in [-0.2, 0) is 4.74 Å². The highest BCUT2D eigenvalue weighted by molar-refractivity contribution is 6.30. The van der Waals surface area contributed by atoms with E-state index in [-0.39, 0.29) is 46.5 Å². The number of carbonyl (C=O) groups is 1. The molecule has 206 valence electrons. The predicted molar refractivity (Wildman–Crippen MR) is 142 cm³/mol. The number of aromatic nitrogens is 3. The maximum Gasteiger partial charge on any atom is 0.410 e. The van der Waals surface area contributed by atoms with Crippen LogP contribution in [0.5, 0.6) is 6.01 Å². The van der Waals surface area contributed by atoms with Crippen molar-refractivity contribution in [3.63, 3.8) is 0 Å². The van der Waals surface area contributed by atoms with Gasteiger partial charge in [0.15, 0.2) is 11.0 Å². The van der Waals surface area contributed by atoms with Crippen molar-refractivity contribution in [1.29, 1.82) is 0 Å². The van der Waals surface area contributed by atoms with Crippen molar-refractivity contribution in [3.05, 3.63) is 17.2 Å². The molecule has 3 atom stereocenters. The van der Waals surface area contributed by atoms with Gasteiger partial charge in [0.05, 0.1) is 23.0 Å². The van der Waals surface area contributed by atoms with Crippen LogP contribution in [-0.4, -0.2) is 86.4 Å². The number of amides is 1. The lowest BCUT2D eigenvalue weighted by Gasteiger charge is -2.42. The molecule has 1 unspecified atom stereocenters. The Bertz CT molecular complexity index is 1230. The van der Waals surface area contributed by atoms with Gasteiger partial charge in [-0.25, -0.2) is 14.2 Å². The number of nitrogens with zero attached hydrogens (tertiary/aromatic N) is 6. The van der Waals surface area contributed by atoms with E-state index in [4.69, 9.17) is 26.1 Å². The number of hydrogen-bond donors (Lipinski definition) is 0. The van der Waals surface area contributed by atoms with Gasteiger partial charge in [-0.05, 0) is 79.3 Å². The molecular weight excluding hydrogens is 511 g/mol. The summed E-state index contributed by atoms with van der Waals surface area (Å²) in [4.78, 5) is 32.8. The second-order valence-corrected chi connectivity index (χ2v) is 12.5. The van der Waals surface area contributed by atoms with E-state index in [2.05, 4.69) is 26.7 Å². The summed E-state index contributed by atoms with van der Waals surface area (Å²) in [6, 6.07) is 0.106. The number of pyridine rings is 1. The van der Waals surface area contributed by atoms with Gasteiger partial charge in [0.25, 0.3) is 0 Å². The molecule has 38 heavy (non-hydrogen) atoms. The van der Waals surface area contributed by atoms with Crippen molar-refractivity contribution < 1.29 is 18.7 Å². The predicted octanol–water partition coefficient (Wildman–Crippen LogP) is 4.80. The molecule has 0 radical (unpaired) electrons. The van der Waals surface area contributed by atoms with E-state index in [0.29, 0.717) is 24.3 Å². The topological polar surface area (TPSA) is 83.9 Å². The SMILES string of the molecule is CC(Oc1nc(N2C[C@H]3CC[C@@H](C2)N3C(=O)OC(C)(C)C)c2cnc(Cl)c(F)c2n1)C12CCCN1CCC2. The third-order valence-corrected chi connectivity index (χ3v) is 8.99. The quantitative estimate of drug-likeness (QED) is 0.506. The number of ether oxygens (including phenoxy) is 2. The summed E-state index contributed by atoms with van der Waals surface area (Å²) >= 11 is 6.06. The van der Waals surface area contributed by atoms with Crippen molar-refractivity contribution in [3.8, 4) is 6.01 Å². The molecule has 2 aromatic heterocycles. The van der Waals surface area contributed by atoms with Gasteiger partial charge in [-0.3, -0.25) is 9.80 Å². The smallest absolute Gasteiger partial charge is 0.410 e. The minimum Gasteiger partial charge on any atom is -0.458 e. The number of rotatable bonds is 4. The standard InChI is InChI=1S/C27H36ClFN6O3/c1-16(27-9-5-11-34(27)12-6-10-27)37-24-31-21-19(13-30-22(28)20(21)29)23(32-24)33-14-17-7-8-18(15-33)35(17)25(36)38-26(2,3)4/h13,16-18H,5-12,14-15H2,1-4H3/t16?,17-,18+. The summed E-state index contributed by atoms with van der Waals surface area (Å²) < 4.78 is 27.3. The average molecular weight is 547 g/mol. The number of hydrogen-bond acceptors (Lipinski definition) is 8. The van der Waals surface area contributed by atoms with Crippen LogP contribution in [0.4, 0.5) is 15.0 Å². The van der Waals surface area contributed by atoms with Crippen molar-refractivity contribution in [2.75, 3.05) is 31.1 Å². The molecule has 4 aliphatic rings. The van der Waals surface area contributed by atoms with E-state index >= 15 is 4.39 Å². The van der Waals surface area contributed by atoms with Crippen LogP contribution in [0, 0.1) is 5.82 Å². The fourth-order valence-corrected chi connectivity index (χ4v) is 7.20. The molecule has 0 N–H and O–H groups in total. The molecule has 6 heterocycles. The van der Waals surface area contributed by atoms with E-state index in [1.165, 1.54) is 6.20 Å². The maximum absolute atomic E-state index is 15.2. The third kappa shape index (κ3) is 4.33. The molecular formula is C27H36ClFN6O3. The lowest BCUT2D eigenvalue weighted by Crippen LogP contribution is -2.57. The van der Waals surface area contributed by atoms with Gasteiger partial charge >= 0.3 is 12.1 Å². The highest BCUT2D eigenvalue weighted by atomic mass is 35.5. The molecule has 0 spiro atoms. The van der Waals surface area contributed by atoms with Crippen LogP contribution in [0.2, 0.25) is 5.15 Å². The first-order valence-electron chi connectivity index (χ1n) is 13.8.